The van der Waals surface area contributed by atoms with Crippen LogP contribution in [0.4, 0.5) is 4.39 Å². The predicted molar refractivity (Wildman–Crippen MR) is 76.1 cm³/mol. The fourth-order valence-corrected chi connectivity index (χ4v) is 1.81. The quantitative estimate of drug-likeness (QED) is 0.514. The molecule has 0 aromatic heterocycles. The Kier molecular flexibility index (Phi) is 6.46. The highest BCUT2D eigenvalue weighted by atomic mass is 19.1. The molecule has 0 radical (unpaired) electrons. The average Bonchev–Trinajstić information content (AvgIpc) is 2.43. The molecular weight excluding hydrogens is 293 g/mol. The topological polar surface area (TPSA) is 136 Å². The van der Waals surface area contributed by atoms with Crippen molar-refractivity contribution in [2.45, 2.75) is 31.3 Å². The van der Waals surface area contributed by atoms with Crippen LogP contribution in [0.2, 0.25) is 0 Å². The third-order valence-electron chi connectivity index (χ3n) is 2.98. The van der Waals surface area contributed by atoms with Crippen LogP contribution < -0.4 is 16.8 Å². The van der Waals surface area contributed by atoms with Crippen LogP contribution in [-0.4, -0.2) is 35.0 Å². The smallest absolute Gasteiger partial charge is 0.326 e. The lowest BCUT2D eigenvalue weighted by molar-refractivity contribution is -0.142. The van der Waals surface area contributed by atoms with E-state index in [1.165, 1.54) is 18.2 Å². The number of primary amides is 1. The number of hydrogen-bond acceptors (Lipinski definition) is 4. The van der Waals surface area contributed by atoms with Gasteiger partial charge in [0.15, 0.2) is 0 Å². The van der Waals surface area contributed by atoms with Crippen molar-refractivity contribution in [2.24, 2.45) is 11.5 Å². The Morgan fingerprint density at radius 1 is 1.32 bits per heavy atom. The number of benzene rings is 1. The maximum absolute atomic E-state index is 13.1. The van der Waals surface area contributed by atoms with Gasteiger partial charge in [0.25, 0.3) is 0 Å². The van der Waals surface area contributed by atoms with Gasteiger partial charge in [0.05, 0.1) is 6.04 Å². The van der Waals surface area contributed by atoms with Gasteiger partial charge in [-0.1, -0.05) is 12.1 Å². The number of rotatable bonds is 8. The zero-order chi connectivity index (χ0) is 16.7. The Morgan fingerprint density at radius 3 is 2.55 bits per heavy atom. The number of carbonyl (C=O) groups is 3. The molecule has 0 spiro atoms. The molecule has 0 bridgehead atoms. The van der Waals surface area contributed by atoms with Crippen LogP contribution in [0.1, 0.15) is 18.4 Å². The van der Waals surface area contributed by atoms with Crippen molar-refractivity contribution < 1.29 is 23.9 Å². The summed E-state index contributed by atoms with van der Waals surface area (Å²) in [5, 5.41) is 11.4. The van der Waals surface area contributed by atoms with Gasteiger partial charge in [-0.2, -0.15) is 0 Å². The summed E-state index contributed by atoms with van der Waals surface area (Å²) in [7, 11) is 0. The number of carboxylic acids is 1. The second kappa shape index (κ2) is 8.08. The van der Waals surface area contributed by atoms with E-state index >= 15 is 0 Å². The van der Waals surface area contributed by atoms with Crippen molar-refractivity contribution in [3.05, 3.63) is 35.6 Å². The summed E-state index contributed by atoms with van der Waals surface area (Å²) >= 11 is 0. The molecule has 1 unspecified atom stereocenters. The molecule has 0 saturated heterocycles. The first kappa shape index (κ1) is 17.6. The van der Waals surface area contributed by atoms with Gasteiger partial charge in [-0.3, -0.25) is 9.59 Å². The Morgan fingerprint density at radius 2 is 2.00 bits per heavy atom. The molecule has 0 fully saturated rings. The van der Waals surface area contributed by atoms with Crippen molar-refractivity contribution in [1.29, 1.82) is 0 Å². The summed E-state index contributed by atoms with van der Waals surface area (Å²) in [5.74, 6) is -3.06. The number of hydrogen-bond donors (Lipinski definition) is 4. The fourth-order valence-electron chi connectivity index (χ4n) is 1.81. The zero-order valence-electron chi connectivity index (χ0n) is 11.8. The van der Waals surface area contributed by atoms with Gasteiger partial charge in [-0.05, 0) is 24.1 Å². The molecule has 0 heterocycles. The van der Waals surface area contributed by atoms with E-state index in [-0.39, 0.29) is 19.3 Å². The van der Waals surface area contributed by atoms with Gasteiger partial charge >= 0.3 is 5.97 Å². The highest BCUT2D eigenvalue weighted by molar-refractivity contribution is 5.87. The Bertz CT molecular complexity index is 565. The van der Waals surface area contributed by atoms with Crippen LogP contribution >= 0.6 is 0 Å². The Labute approximate surface area is 126 Å². The summed E-state index contributed by atoms with van der Waals surface area (Å²) in [6.45, 7) is 0. The molecule has 0 aliphatic carbocycles. The third-order valence-corrected chi connectivity index (χ3v) is 2.98. The van der Waals surface area contributed by atoms with Gasteiger partial charge in [0, 0.05) is 12.8 Å². The van der Waals surface area contributed by atoms with E-state index in [4.69, 9.17) is 16.6 Å². The molecule has 22 heavy (non-hydrogen) atoms. The van der Waals surface area contributed by atoms with Crippen LogP contribution in [0.15, 0.2) is 24.3 Å². The molecule has 1 aromatic carbocycles. The molecule has 7 nitrogen and oxygen atoms in total. The van der Waals surface area contributed by atoms with Crippen LogP contribution in [0.25, 0.3) is 0 Å². The lowest BCUT2D eigenvalue weighted by Gasteiger charge is -2.17. The van der Waals surface area contributed by atoms with Crippen molar-refractivity contribution in [3.8, 4) is 0 Å². The molecule has 1 rings (SSSR count). The number of aliphatic carboxylic acids is 1. The lowest BCUT2D eigenvalue weighted by Crippen LogP contribution is -2.49. The van der Waals surface area contributed by atoms with Crippen molar-refractivity contribution in [1.82, 2.24) is 5.32 Å². The van der Waals surface area contributed by atoms with Gasteiger partial charge in [-0.25, -0.2) is 9.18 Å². The van der Waals surface area contributed by atoms with E-state index in [1.807, 2.05) is 0 Å². The molecular formula is C14H18FN3O4. The summed E-state index contributed by atoms with van der Waals surface area (Å²) in [4.78, 5) is 33.6. The monoisotopic (exact) mass is 311 g/mol. The first-order valence-electron chi connectivity index (χ1n) is 6.61. The molecule has 2 atom stereocenters. The number of halogens is 1. The maximum Gasteiger partial charge on any atom is 0.326 e. The van der Waals surface area contributed by atoms with Crippen LogP contribution in [0, 0.1) is 5.82 Å². The first-order chi connectivity index (χ1) is 10.3. The van der Waals surface area contributed by atoms with Gasteiger partial charge < -0.3 is 21.9 Å². The van der Waals surface area contributed by atoms with E-state index in [1.54, 1.807) is 6.07 Å². The molecule has 120 valence electrons. The predicted octanol–water partition coefficient (Wildman–Crippen LogP) is -0.470. The number of carbonyl (C=O) groups excluding carboxylic acids is 2. The third kappa shape index (κ3) is 5.88. The number of nitrogens with two attached hydrogens (primary N) is 2. The van der Waals surface area contributed by atoms with Gasteiger partial charge in [0.2, 0.25) is 11.8 Å². The fraction of sp³-hybridized carbons (Fsp3) is 0.357. The van der Waals surface area contributed by atoms with Crippen molar-refractivity contribution >= 4 is 17.8 Å². The zero-order valence-corrected chi connectivity index (χ0v) is 11.8. The lowest BCUT2D eigenvalue weighted by atomic mass is 10.0. The second-order valence-corrected chi connectivity index (χ2v) is 4.84. The standard InChI is InChI=1S/C14H18FN3O4/c15-9-3-1-2-8(6-9)7-11(14(21)22)18-13(20)10(16)4-5-12(17)19/h1-3,6,10-11H,4-5,7,16H2,(H2,17,19)(H,18,20)(H,21,22)/t10-,11?/m0/s1. The van der Waals surface area contributed by atoms with Gasteiger partial charge in [0.1, 0.15) is 11.9 Å². The highest BCUT2D eigenvalue weighted by Gasteiger charge is 2.23. The Balaban J connectivity index is 2.66. The van der Waals surface area contributed by atoms with E-state index in [0.29, 0.717) is 5.56 Å². The molecule has 0 saturated carbocycles. The first-order valence-corrected chi connectivity index (χ1v) is 6.61. The summed E-state index contributed by atoms with van der Waals surface area (Å²) in [5.41, 5.74) is 10.9. The molecule has 2 amide bonds. The maximum atomic E-state index is 13.1. The molecule has 8 heteroatoms. The van der Waals surface area contributed by atoms with Crippen LogP contribution in [0.3, 0.4) is 0 Å². The second-order valence-electron chi connectivity index (χ2n) is 4.84. The molecule has 6 N–H and O–H groups in total. The van der Waals surface area contributed by atoms with E-state index in [9.17, 15) is 18.8 Å². The molecule has 0 aliphatic rings. The molecule has 0 aliphatic heterocycles. The summed E-state index contributed by atoms with van der Waals surface area (Å²) < 4.78 is 13.1. The van der Waals surface area contributed by atoms with Crippen molar-refractivity contribution in [2.75, 3.05) is 0 Å². The summed E-state index contributed by atoms with van der Waals surface area (Å²) in [6.07, 6.45) is -0.134. The van der Waals surface area contributed by atoms with Crippen LogP contribution in [0.5, 0.6) is 0 Å². The van der Waals surface area contributed by atoms with Crippen LogP contribution in [-0.2, 0) is 20.8 Å². The number of amides is 2. The molecule has 1 aromatic rings. The highest BCUT2D eigenvalue weighted by Crippen LogP contribution is 2.07. The minimum atomic E-state index is -1.26. The van der Waals surface area contributed by atoms with E-state index in [2.05, 4.69) is 5.32 Å². The van der Waals surface area contributed by atoms with Crippen molar-refractivity contribution in [3.63, 3.8) is 0 Å². The van der Waals surface area contributed by atoms with E-state index < -0.39 is 35.7 Å². The largest absolute Gasteiger partial charge is 0.480 e. The normalized spacial score (nSPS) is 13.2. The number of carboxylic acid groups (broad SMARTS) is 1. The average molecular weight is 311 g/mol. The Hall–Kier alpha value is -2.48. The SMILES string of the molecule is NC(=O)CC[C@H](N)C(=O)NC(Cc1cccc(F)c1)C(=O)O. The summed E-state index contributed by atoms with van der Waals surface area (Å²) in [6, 6.07) is 3.14. The minimum Gasteiger partial charge on any atom is -0.480 e. The minimum absolute atomic E-state index is 0.0213. The van der Waals surface area contributed by atoms with E-state index in [0.717, 1.165) is 0 Å². The number of nitrogens with one attached hydrogen (secondary N) is 1. The van der Waals surface area contributed by atoms with Gasteiger partial charge in [-0.15, -0.1) is 0 Å².